The van der Waals surface area contributed by atoms with Gasteiger partial charge >= 0.3 is 0 Å². The van der Waals surface area contributed by atoms with Crippen LogP contribution in [-0.4, -0.2) is 15.5 Å². The van der Waals surface area contributed by atoms with Gasteiger partial charge in [-0.3, -0.25) is 0 Å². The van der Waals surface area contributed by atoms with E-state index >= 15 is 0 Å². The van der Waals surface area contributed by atoms with Crippen LogP contribution in [0.3, 0.4) is 0 Å². The van der Waals surface area contributed by atoms with Crippen LogP contribution in [-0.2, 0) is 55.6 Å². The predicted octanol–water partition coefficient (Wildman–Crippen LogP) is 2.71. The number of hydrogen-bond donors (Lipinski definition) is 0. The van der Waals surface area contributed by atoms with Gasteiger partial charge in [0.2, 0.25) is 0 Å². The summed E-state index contributed by atoms with van der Waals surface area (Å²) in [5.74, 6) is 0. The van der Waals surface area contributed by atoms with Gasteiger partial charge in [0.05, 0.1) is 4.90 Å². The number of sulfonamides is 1. The van der Waals surface area contributed by atoms with E-state index in [0.29, 0.717) is 4.90 Å². The molecular weight excluding hydrogens is 311 g/mol. The fraction of sp³-hybridized carbons (Fsp3) is 0.417. The number of fused-ring (bicyclic) bond motifs is 1. The molecule has 0 unspecified atom stereocenters. The topological polar surface area (TPSA) is 48.2 Å². The van der Waals surface area contributed by atoms with Crippen molar-refractivity contribution in [2.45, 2.75) is 30.6 Å². The van der Waals surface area contributed by atoms with Crippen LogP contribution in [0.15, 0.2) is 23.1 Å². The van der Waals surface area contributed by atoms with E-state index < -0.39 is 10.0 Å². The van der Waals surface area contributed by atoms with E-state index in [4.69, 9.17) is 0 Å². The van der Waals surface area contributed by atoms with E-state index in [1.165, 1.54) is 12.6 Å². The zero-order chi connectivity index (χ0) is 10.9. The second-order valence-corrected chi connectivity index (χ2v) is 5.51. The molecule has 1 radical (unpaired) electrons. The average molecular weight is 328 g/mol. The van der Waals surface area contributed by atoms with E-state index in [9.17, 15) is 8.42 Å². The average Bonchev–Trinajstić information content (AvgIpc) is 2.28. The molecule has 1 aliphatic carbocycles. The molecule has 0 aromatic heterocycles. The minimum atomic E-state index is -3.41. The van der Waals surface area contributed by atoms with Gasteiger partial charge in [0.15, 0.2) is 0 Å². The fourth-order valence-corrected chi connectivity index (χ4v) is 3.08. The third-order valence-corrected chi connectivity index (χ3v) is 4.29. The van der Waals surface area contributed by atoms with E-state index in [0.717, 1.165) is 31.2 Å². The van der Waals surface area contributed by atoms with Crippen molar-refractivity contribution in [3.05, 3.63) is 41.5 Å². The molecule has 0 fully saturated rings. The van der Waals surface area contributed by atoms with E-state index in [2.05, 4.69) is 4.72 Å². The summed E-state index contributed by atoms with van der Waals surface area (Å²) < 4.78 is 26.9. The minimum Gasteiger partial charge on any atom is -0.547 e. The maximum atomic E-state index is 11.7. The largest absolute Gasteiger partial charge is 0.547 e. The van der Waals surface area contributed by atoms with Crippen molar-refractivity contribution >= 4 is 10.0 Å². The molecule has 0 bridgehead atoms. The summed E-state index contributed by atoms with van der Waals surface area (Å²) in [6.45, 7) is 0. The van der Waals surface area contributed by atoms with Crippen LogP contribution in [0.4, 0.5) is 0 Å². The van der Waals surface area contributed by atoms with Gasteiger partial charge in [-0.25, -0.2) is 8.42 Å². The van der Waals surface area contributed by atoms with Crippen molar-refractivity contribution in [1.29, 1.82) is 0 Å². The first-order valence-corrected chi connectivity index (χ1v) is 6.56. The molecular formula is C12H17NO2SY-2. The molecule has 5 heteroatoms. The second kappa shape index (κ2) is 6.98. The maximum Gasteiger partial charge on any atom is 0.101 e. The van der Waals surface area contributed by atoms with Crippen molar-refractivity contribution in [2.75, 3.05) is 7.05 Å². The summed E-state index contributed by atoms with van der Waals surface area (Å²) >= 11 is 0. The Morgan fingerprint density at radius 2 is 1.82 bits per heavy atom. The van der Waals surface area contributed by atoms with Gasteiger partial charge in [0, 0.05) is 32.7 Å². The molecule has 0 saturated heterocycles. The van der Waals surface area contributed by atoms with Gasteiger partial charge < -0.3 is 12.1 Å². The quantitative estimate of drug-likeness (QED) is 0.784. The minimum absolute atomic E-state index is 0. The normalized spacial score (nSPS) is 14.2. The first-order valence-electron chi connectivity index (χ1n) is 5.12. The summed E-state index contributed by atoms with van der Waals surface area (Å²) in [6.07, 6.45) is 4.08. The molecule has 0 spiro atoms. The third-order valence-electron chi connectivity index (χ3n) is 2.87. The van der Waals surface area contributed by atoms with Crippen LogP contribution in [0, 0.1) is 7.43 Å². The number of rotatable bonds is 2. The molecule has 3 nitrogen and oxygen atoms in total. The molecule has 0 N–H and O–H groups in total. The molecule has 1 aromatic rings. The second-order valence-electron chi connectivity index (χ2n) is 3.76. The number of hydrogen-bond acceptors (Lipinski definition) is 2. The first-order chi connectivity index (χ1) is 7.15. The standard InChI is InChI=1S/C11H14NO2S.CH3.Y/c1-12-15(13,14)11-8-4-6-9-5-2-3-7-10(9)11;;/h4,6,8H,2-3,5,7H2,1H3;1H3;/q2*-1;. The summed E-state index contributed by atoms with van der Waals surface area (Å²) in [5.41, 5.74) is 2.15. The third kappa shape index (κ3) is 3.60. The monoisotopic (exact) mass is 328 g/mol. The van der Waals surface area contributed by atoms with E-state index in [-0.39, 0.29) is 40.1 Å². The Kier molecular flexibility index (Phi) is 7.08. The molecule has 17 heavy (non-hydrogen) atoms. The first kappa shape index (κ1) is 17.2. The van der Waals surface area contributed by atoms with Crippen LogP contribution < -0.4 is 0 Å². The Hall–Kier alpha value is 0.234. The summed E-state index contributed by atoms with van der Waals surface area (Å²) in [5, 5.41) is 0. The summed E-state index contributed by atoms with van der Waals surface area (Å²) in [4.78, 5) is 0.405. The fourth-order valence-electron chi connectivity index (χ4n) is 2.09. The molecule has 0 heterocycles. The smallest absolute Gasteiger partial charge is 0.101 e. The molecule has 0 saturated carbocycles. The van der Waals surface area contributed by atoms with Crippen LogP contribution in [0.1, 0.15) is 24.0 Å². The number of nitrogens with zero attached hydrogens (tertiary/aromatic N) is 1. The Labute approximate surface area is 129 Å². The van der Waals surface area contributed by atoms with Crippen LogP contribution in [0.5, 0.6) is 0 Å². The van der Waals surface area contributed by atoms with Gasteiger partial charge in [0.1, 0.15) is 10.0 Å². The number of benzene rings is 1. The Morgan fingerprint density at radius 3 is 2.47 bits per heavy atom. The van der Waals surface area contributed by atoms with Gasteiger partial charge in [-0.2, -0.15) is 7.05 Å². The van der Waals surface area contributed by atoms with Crippen molar-refractivity contribution in [1.82, 2.24) is 0 Å². The maximum absolute atomic E-state index is 11.7. The van der Waals surface area contributed by atoms with Crippen molar-refractivity contribution in [3.8, 4) is 0 Å². The van der Waals surface area contributed by atoms with Crippen molar-refractivity contribution < 1.29 is 41.1 Å². The van der Waals surface area contributed by atoms with Gasteiger partial charge in [-0.05, 0) is 42.9 Å². The number of aryl methyl sites for hydroxylation is 1. The van der Waals surface area contributed by atoms with E-state index in [1.54, 1.807) is 6.07 Å². The molecule has 0 aliphatic heterocycles. The molecule has 93 valence electrons. The Morgan fingerprint density at radius 1 is 1.18 bits per heavy atom. The van der Waals surface area contributed by atoms with Crippen LogP contribution in [0.25, 0.3) is 4.72 Å². The summed E-state index contributed by atoms with van der Waals surface area (Å²) in [7, 11) is -2.08. The predicted molar refractivity (Wildman–Crippen MR) is 66.0 cm³/mol. The van der Waals surface area contributed by atoms with Gasteiger partial charge in [-0.15, -0.1) is 0 Å². The van der Waals surface area contributed by atoms with Crippen LogP contribution in [0.2, 0.25) is 0 Å². The SMILES string of the molecule is C[N-]S(=O)(=O)c1cccc2c1CCCC2.[CH3-].[Y]. The van der Waals surface area contributed by atoms with E-state index in [1.807, 2.05) is 12.1 Å². The van der Waals surface area contributed by atoms with Gasteiger partial charge in [0.25, 0.3) is 0 Å². The molecule has 1 aromatic carbocycles. The molecule has 0 amide bonds. The summed E-state index contributed by atoms with van der Waals surface area (Å²) in [6, 6.07) is 5.48. The zero-order valence-corrected chi connectivity index (χ0v) is 14.0. The van der Waals surface area contributed by atoms with Crippen LogP contribution >= 0.6 is 0 Å². The van der Waals surface area contributed by atoms with Crippen molar-refractivity contribution in [2.24, 2.45) is 0 Å². The van der Waals surface area contributed by atoms with Gasteiger partial charge in [-0.1, -0.05) is 12.1 Å². The van der Waals surface area contributed by atoms with Crippen molar-refractivity contribution in [3.63, 3.8) is 0 Å². The molecule has 1 aliphatic rings. The molecule has 2 rings (SSSR count). The Bertz CT molecular complexity index is 471. The Balaban J connectivity index is 0.00000128. The molecule has 0 atom stereocenters. The zero-order valence-electron chi connectivity index (χ0n) is 10.3.